The molecule has 2 heterocycles. The van der Waals surface area contributed by atoms with Gasteiger partial charge in [-0.05, 0) is 54.2 Å². The number of rotatable bonds is 10. The third-order valence-corrected chi connectivity index (χ3v) is 5.82. The Kier molecular flexibility index (Phi) is 8.04. The van der Waals surface area contributed by atoms with Crippen molar-refractivity contribution in [3.05, 3.63) is 58.9 Å². The Morgan fingerprint density at radius 1 is 1.19 bits per heavy atom. The monoisotopic (exact) mass is 424 g/mol. The van der Waals surface area contributed by atoms with E-state index in [1.807, 2.05) is 24.4 Å². The first kappa shape index (κ1) is 22.8. The number of amides is 1. The molecule has 1 unspecified atom stereocenters. The Balaban J connectivity index is 1.68. The number of unbranched alkanes of at least 4 members (excludes halogenated alkanes) is 2. The molecule has 1 aliphatic rings. The van der Waals surface area contributed by atoms with Gasteiger partial charge in [0, 0.05) is 31.3 Å². The fraction of sp³-hybridized carbons (Fsp3) is 0.480. The Hall–Kier alpha value is -2.89. The first-order valence-electron chi connectivity index (χ1n) is 11.2. The van der Waals surface area contributed by atoms with Crippen LogP contribution in [0.15, 0.2) is 36.5 Å². The maximum atomic E-state index is 12.7. The molecule has 1 amide bonds. The van der Waals surface area contributed by atoms with Gasteiger partial charge >= 0.3 is 5.97 Å². The predicted molar refractivity (Wildman–Crippen MR) is 119 cm³/mol. The second-order valence-corrected chi connectivity index (χ2v) is 8.01. The number of ether oxygens (including phenoxy) is 1. The summed E-state index contributed by atoms with van der Waals surface area (Å²) in [6.07, 6.45) is 7.37. The van der Waals surface area contributed by atoms with Gasteiger partial charge in [-0.2, -0.15) is 0 Å². The van der Waals surface area contributed by atoms with Gasteiger partial charge in [0.2, 0.25) is 5.91 Å². The van der Waals surface area contributed by atoms with Gasteiger partial charge < -0.3 is 14.7 Å². The Morgan fingerprint density at radius 2 is 2.03 bits per heavy atom. The van der Waals surface area contributed by atoms with Crippen molar-refractivity contribution in [3.8, 4) is 5.75 Å². The van der Waals surface area contributed by atoms with E-state index in [0.717, 1.165) is 36.9 Å². The average molecular weight is 425 g/mol. The minimum atomic E-state index is -0.998. The molecule has 2 aromatic rings. The maximum absolute atomic E-state index is 12.7. The van der Waals surface area contributed by atoms with Crippen LogP contribution in [0.25, 0.3) is 0 Å². The highest BCUT2D eigenvalue weighted by Crippen LogP contribution is 2.33. The lowest BCUT2D eigenvalue weighted by Gasteiger charge is -2.35. The van der Waals surface area contributed by atoms with Gasteiger partial charge in [-0.25, -0.2) is 4.79 Å². The third-order valence-electron chi connectivity index (χ3n) is 5.82. The largest absolute Gasteiger partial charge is 0.493 e. The van der Waals surface area contributed by atoms with Crippen molar-refractivity contribution in [2.24, 2.45) is 0 Å². The summed E-state index contributed by atoms with van der Waals surface area (Å²) < 4.78 is 5.90. The summed E-state index contributed by atoms with van der Waals surface area (Å²) in [6, 6.07) is 8.72. The molecule has 1 aromatic heterocycles. The minimum absolute atomic E-state index is 0.0839. The number of nitrogens with zero attached hydrogens (tertiary/aromatic N) is 2. The molecule has 0 saturated heterocycles. The van der Waals surface area contributed by atoms with Crippen molar-refractivity contribution >= 4 is 11.9 Å². The number of benzene rings is 1. The molecule has 0 saturated carbocycles. The number of carbonyl (C=O) groups excluding carboxylic acids is 1. The second kappa shape index (κ2) is 10.9. The van der Waals surface area contributed by atoms with Gasteiger partial charge in [-0.15, -0.1) is 0 Å². The van der Waals surface area contributed by atoms with Crippen molar-refractivity contribution in [2.45, 2.75) is 64.8 Å². The SMILES string of the molecule is CCCCCC(=O)N1CCc2ccc(OCCc3ccc(CC)cn3)cc2C1C(=O)O. The molecule has 1 atom stereocenters. The Bertz CT molecular complexity index is 895. The molecule has 0 spiro atoms. The first-order valence-corrected chi connectivity index (χ1v) is 11.2. The number of aryl methyl sites for hydroxylation is 1. The van der Waals surface area contributed by atoms with Gasteiger partial charge in [0.25, 0.3) is 0 Å². The number of pyridine rings is 1. The van der Waals surface area contributed by atoms with Crippen LogP contribution >= 0.6 is 0 Å². The predicted octanol–water partition coefficient (Wildman–Crippen LogP) is 4.36. The molecule has 0 radical (unpaired) electrons. The molecule has 166 valence electrons. The molecule has 1 N–H and O–H groups in total. The standard InChI is InChI=1S/C25H32N2O4/c1-3-5-6-7-23(28)27-14-12-19-9-11-21(16-22(19)24(27)25(29)30)31-15-13-20-10-8-18(4-2)17-26-20/h8-11,16-17,24H,3-7,12-15H2,1-2H3,(H,29,30). The number of fused-ring (bicyclic) bond motifs is 1. The lowest BCUT2D eigenvalue weighted by Crippen LogP contribution is -2.43. The lowest BCUT2D eigenvalue weighted by molar-refractivity contribution is -0.151. The number of hydrogen-bond donors (Lipinski definition) is 1. The van der Waals surface area contributed by atoms with Crippen LogP contribution in [-0.4, -0.2) is 40.0 Å². The van der Waals surface area contributed by atoms with Crippen LogP contribution in [0.3, 0.4) is 0 Å². The fourth-order valence-corrected chi connectivity index (χ4v) is 3.97. The quantitative estimate of drug-likeness (QED) is 0.574. The average Bonchev–Trinajstić information content (AvgIpc) is 2.78. The molecule has 3 rings (SSSR count). The maximum Gasteiger partial charge on any atom is 0.331 e. The summed E-state index contributed by atoms with van der Waals surface area (Å²) in [5.74, 6) is -0.461. The van der Waals surface area contributed by atoms with Crippen molar-refractivity contribution in [3.63, 3.8) is 0 Å². The number of aliphatic carboxylic acids is 1. The molecular weight excluding hydrogens is 392 g/mol. The van der Waals surface area contributed by atoms with E-state index in [4.69, 9.17) is 4.74 Å². The van der Waals surface area contributed by atoms with E-state index in [-0.39, 0.29) is 5.91 Å². The molecule has 0 fully saturated rings. The van der Waals surface area contributed by atoms with E-state index in [9.17, 15) is 14.7 Å². The van der Waals surface area contributed by atoms with Gasteiger partial charge in [0.1, 0.15) is 5.75 Å². The summed E-state index contributed by atoms with van der Waals surface area (Å²) in [4.78, 5) is 30.7. The smallest absolute Gasteiger partial charge is 0.331 e. The topological polar surface area (TPSA) is 79.7 Å². The molecule has 0 bridgehead atoms. The zero-order valence-electron chi connectivity index (χ0n) is 18.5. The van der Waals surface area contributed by atoms with E-state index < -0.39 is 12.0 Å². The van der Waals surface area contributed by atoms with Crippen LogP contribution in [0.4, 0.5) is 0 Å². The number of carboxylic acids is 1. The van der Waals surface area contributed by atoms with Gasteiger partial charge in [-0.1, -0.05) is 38.8 Å². The Labute approximate surface area is 184 Å². The van der Waals surface area contributed by atoms with Gasteiger partial charge in [0.15, 0.2) is 6.04 Å². The van der Waals surface area contributed by atoms with Crippen molar-refractivity contribution in [2.75, 3.05) is 13.2 Å². The van der Waals surface area contributed by atoms with E-state index in [2.05, 4.69) is 24.9 Å². The summed E-state index contributed by atoms with van der Waals surface area (Å²) in [5.41, 5.74) is 3.79. The summed E-state index contributed by atoms with van der Waals surface area (Å²) >= 11 is 0. The van der Waals surface area contributed by atoms with Gasteiger partial charge in [0.05, 0.1) is 6.61 Å². The highest BCUT2D eigenvalue weighted by molar-refractivity contribution is 5.85. The molecule has 6 heteroatoms. The summed E-state index contributed by atoms with van der Waals surface area (Å²) in [6.45, 7) is 5.07. The van der Waals surface area contributed by atoms with Crippen LogP contribution in [0.2, 0.25) is 0 Å². The van der Waals surface area contributed by atoms with Crippen LogP contribution in [-0.2, 0) is 28.9 Å². The second-order valence-electron chi connectivity index (χ2n) is 8.01. The van der Waals surface area contributed by atoms with E-state index in [0.29, 0.717) is 43.7 Å². The first-order chi connectivity index (χ1) is 15.0. The molecule has 0 aliphatic carbocycles. The van der Waals surface area contributed by atoms with Crippen molar-refractivity contribution in [1.82, 2.24) is 9.88 Å². The van der Waals surface area contributed by atoms with Crippen LogP contribution in [0.5, 0.6) is 5.75 Å². The van der Waals surface area contributed by atoms with Crippen molar-refractivity contribution < 1.29 is 19.4 Å². The zero-order valence-corrected chi connectivity index (χ0v) is 18.5. The summed E-state index contributed by atoms with van der Waals surface area (Å²) in [5, 5.41) is 9.89. The van der Waals surface area contributed by atoms with Crippen LogP contribution in [0, 0.1) is 0 Å². The van der Waals surface area contributed by atoms with Gasteiger partial charge in [-0.3, -0.25) is 9.78 Å². The number of hydrogen-bond acceptors (Lipinski definition) is 4. The van der Waals surface area contributed by atoms with Crippen LogP contribution in [0.1, 0.15) is 68.0 Å². The summed E-state index contributed by atoms with van der Waals surface area (Å²) in [7, 11) is 0. The fourth-order valence-electron chi connectivity index (χ4n) is 3.97. The van der Waals surface area contributed by atoms with E-state index in [1.54, 1.807) is 6.07 Å². The number of aromatic nitrogens is 1. The third kappa shape index (κ3) is 5.84. The van der Waals surface area contributed by atoms with E-state index in [1.165, 1.54) is 10.5 Å². The van der Waals surface area contributed by atoms with E-state index >= 15 is 0 Å². The molecular formula is C25H32N2O4. The van der Waals surface area contributed by atoms with Crippen LogP contribution < -0.4 is 4.74 Å². The van der Waals surface area contributed by atoms with Crippen molar-refractivity contribution in [1.29, 1.82) is 0 Å². The molecule has 31 heavy (non-hydrogen) atoms. The zero-order chi connectivity index (χ0) is 22.2. The highest BCUT2D eigenvalue weighted by atomic mass is 16.5. The normalized spacial score (nSPS) is 15.4. The highest BCUT2D eigenvalue weighted by Gasteiger charge is 2.35. The number of carbonyl (C=O) groups is 2. The lowest BCUT2D eigenvalue weighted by atomic mass is 9.91. The number of carboxylic acid groups (broad SMARTS) is 1. The Morgan fingerprint density at radius 3 is 2.71 bits per heavy atom. The molecule has 6 nitrogen and oxygen atoms in total. The minimum Gasteiger partial charge on any atom is -0.493 e. The molecule has 1 aromatic carbocycles. The molecule has 1 aliphatic heterocycles.